The van der Waals surface area contributed by atoms with E-state index in [1.165, 1.54) is 0 Å². The van der Waals surface area contributed by atoms with Crippen LogP contribution in [-0.4, -0.2) is 19.6 Å². The van der Waals surface area contributed by atoms with E-state index in [1.54, 1.807) is 7.11 Å². The zero-order valence-electron chi connectivity index (χ0n) is 9.12. The van der Waals surface area contributed by atoms with Crippen molar-refractivity contribution < 1.29 is 9.53 Å². The second-order valence-corrected chi connectivity index (χ2v) is 3.37. The number of carbonyl (C=O) groups is 1. The third-order valence-corrected chi connectivity index (χ3v) is 2.15. The summed E-state index contributed by atoms with van der Waals surface area (Å²) in [7, 11) is 1.59. The molecule has 0 fully saturated rings. The third kappa shape index (κ3) is 4.13. The first-order chi connectivity index (χ1) is 7.24. The van der Waals surface area contributed by atoms with Crippen molar-refractivity contribution in [1.29, 1.82) is 0 Å². The first kappa shape index (κ1) is 11.7. The van der Waals surface area contributed by atoms with Crippen LogP contribution >= 0.6 is 0 Å². The number of hydrogen-bond acceptors (Lipinski definition) is 2. The van der Waals surface area contributed by atoms with Crippen molar-refractivity contribution in [3.8, 4) is 0 Å². The second kappa shape index (κ2) is 6.19. The highest BCUT2D eigenvalue weighted by Crippen LogP contribution is 2.10. The van der Waals surface area contributed by atoms with Crippen LogP contribution in [0.3, 0.4) is 0 Å². The molecule has 1 unspecified atom stereocenters. The molecule has 1 aromatic carbocycles. The van der Waals surface area contributed by atoms with Gasteiger partial charge < -0.3 is 10.1 Å². The highest BCUT2D eigenvalue weighted by molar-refractivity contribution is 5.76. The summed E-state index contributed by atoms with van der Waals surface area (Å²) in [6.45, 7) is 2.42. The average molecular weight is 206 g/mol. The van der Waals surface area contributed by atoms with Crippen molar-refractivity contribution in [1.82, 2.24) is 5.32 Å². The van der Waals surface area contributed by atoms with Gasteiger partial charge in [0.25, 0.3) is 0 Å². The van der Waals surface area contributed by atoms with Crippen molar-refractivity contribution in [2.24, 2.45) is 0 Å². The molecule has 0 aliphatic heterocycles. The lowest BCUT2D eigenvalue weighted by Crippen LogP contribution is -2.27. The molecule has 1 aromatic rings. The van der Waals surface area contributed by atoms with Crippen LogP contribution < -0.4 is 5.32 Å². The minimum absolute atomic E-state index is 0.0113. The highest BCUT2D eigenvalue weighted by atomic mass is 16.5. The van der Waals surface area contributed by atoms with Gasteiger partial charge in [-0.25, -0.2) is 0 Å². The molecule has 15 heavy (non-hydrogen) atoms. The van der Waals surface area contributed by atoms with Crippen molar-refractivity contribution in [3.05, 3.63) is 35.9 Å². The van der Waals surface area contributed by atoms with E-state index in [9.17, 15) is 4.79 Å². The fourth-order valence-corrected chi connectivity index (χ4v) is 1.28. The summed E-state index contributed by atoms with van der Waals surface area (Å²) in [6, 6.07) is 10.5. The maximum absolute atomic E-state index is 11.4. The van der Waals surface area contributed by atoms with Gasteiger partial charge in [-0.15, -0.1) is 0 Å². The fraction of sp³-hybridized carbons (Fsp3) is 0.417. The first-order valence-electron chi connectivity index (χ1n) is 4.98. The van der Waals surface area contributed by atoms with Crippen LogP contribution in [0.1, 0.15) is 24.9 Å². The monoisotopic (exact) mass is 206 g/mol. The van der Waals surface area contributed by atoms with Crippen LogP contribution in [-0.2, 0) is 9.53 Å². The lowest BCUT2D eigenvalue weighted by atomic mass is 10.1. The van der Waals surface area contributed by atoms with E-state index in [0.29, 0.717) is 13.0 Å². The third-order valence-electron chi connectivity index (χ3n) is 2.15. The number of ether oxygens (including phenoxy) is 1. The summed E-state index contributed by atoms with van der Waals surface area (Å²) in [6.07, 6.45) is 0.403. The van der Waals surface area contributed by atoms with Crippen molar-refractivity contribution >= 4 is 5.91 Å². The molecule has 0 aliphatic rings. The van der Waals surface area contributed by atoms with E-state index in [-0.39, 0.29) is 11.9 Å². The van der Waals surface area contributed by atoms with E-state index in [4.69, 9.17) is 4.74 Å². The molecule has 3 heteroatoms. The minimum atomic E-state index is 0.0113. The number of carbonyl (C=O) groups excluding carboxylic acids is 1. The fourth-order valence-electron chi connectivity index (χ4n) is 1.28. The Morgan fingerprint density at radius 2 is 2.20 bits per heavy atom. The molecule has 1 N–H and O–H groups in total. The van der Waals surface area contributed by atoms with E-state index in [1.807, 2.05) is 31.2 Å². The largest absolute Gasteiger partial charge is 0.384 e. The van der Waals surface area contributed by atoms with Gasteiger partial charge in [-0.05, 0) is 18.6 Å². The summed E-state index contributed by atoms with van der Waals surface area (Å²) in [5.74, 6) is 0.0113. The van der Waals surface area contributed by atoms with Gasteiger partial charge in [0, 0.05) is 13.5 Å². The Balaban J connectivity index is 2.42. The topological polar surface area (TPSA) is 38.3 Å². The Bertz CT molecular complexity index is 298. The molecular formula is C12H16NO2. The molecule has 1 rings (SSSR count). The molecule has 0 spiro atoms. The Morgan fingerprint density at radius 1 is 1.53 bits per heavy atom. The Morgan fingerprint density at radius 3 is 2.80 bits per heavy atom. The van der Waals surface area contributed by atoms with E-state index >= 15 is 0 Å². The van der Waals surface area contributed by atoms with Crippen LogP contribution in [0.4, 0.5) is 0 Å². The molecule has 0 saturated carbocycles. The summed E-state index contributed by atoms with van der Waals surface area (Å²) >= 11 is 0. The molecule has 0 saturated heterocycles. The van der Waals surface area contributed by atoms with Crippen molar-refractivity contribution in [2.45, 2.75) is 19.4 Å². The lowest BCUT2D eigenvalue weighted by Gasteiger charge is -2.13. The van der Waals surface area contributed by atoms with Gasteiger partial charge in [0.1, 0.15) is 0 Å². The summed E-state index contributed by atoms with van der Waals surface area (Å²) in [5, 5.41) is 2.90. The average Bonchev–Trinajstić information content (AvgIpc) is 2.27. The Hall–Kier alpha value is -1.35. The predicted octanol–water partition coefficient (Wildman–Crippen LogP) is 1.70. The number of hydrogen-bond donors (Lipinski definition) is 1. The maximum atomic E-state index is 11.4. The summed E-state index contributed by atoms with van der Waals surface area (Å²) in [4.78, 5) is 11.4. The zero-order chi connectivity index (χ0) is 11.1. The Labute approximate surface area is 90.4 Å². The molecule has 1 amide bonds. The lowest BCUT2D eigenvalue weighted by molar-refractivity contribution is -0.122. The van der Waals surface area contributed by atoms with E-state index in [2.05, 4.69) is 11.4 Å². The maximum Gasteiger partial charge on any atom is 0.222 e. The van der Waals surface area contributed by atoms with E-state index in [0.717, 1.165) is 5.56 Å². The quantitative estimate of drug-likeness (QED) is 0.796. The van der Waals surface area contributed by atoms with Crippen LogP contribution in [0.5, 0.6) is 0 Å². The molecule has 1 radical (unpaired) electrons. The molecule has 0 bridgehead atoms. The van der Waals surface area contributed by atoms with Crippen LogP contribution in [0.25, 0.3) is 0 Å². The van der Waals surface area contributed by atoms with Crippen LogP contribution in [0.2, 0.25) is 0 Å². The Kier molecular flexibility index (Phi) is 4.84. The SMILES string of the molecule is COCCC(=O)NC(C)c1cc[c]cc1. The van der Waals surface area contributed by atoms with Crippen LogP contribution in [0, 0.1) is 6.07 Å². The van der Waals surface area contributed by atoms with Crippen LogP contribution in [0.15, 0.2) is 24.3 Å². The normalized spacial score (nSPS) is 12.1. The molecule has 0 heterocycles. The van der Waals surface area contributed by atoms with Gasteiger partial charge in [-0.2, -0.15) is 0 Å². The van der Waals surface area contributed by atoms with Gasteiger partial charge in [-0.1, -0.05) is 24.3 Å². The number of nitrogens with one attached hydrogen (secondary N) is 1. The predicted molar refractivity (Wildman–Crippen MR) is 58.3 cm³/mol. The van der Waals surface area contributed by atoms with E-state index < -0.39 is 0 Å². The van der Waals surface area contributed by atoms with Gasteiger partial charge >= 0.3 is 0 Å². The number of amides is 1. The van der Waals surface area contributed by atoms with Gasteiger partial charge in [0.05, 0.1) is 12.6 Å². The molecule has 1 atom stereocenters. The first-order valence-corrected chi connectivity index (χ1v) is 4.98. The summed E-state index contributed by atoms with van der Waals surface area (Å²) in [5.41, 5.74) is 1.08. The van der Waals surface area contributed by atoms with Gasteiger partial charge in [-0.3, -0.25) is 4.79 Å². The highest BCUT2D eigenvalue weighted by Gasteiger charge is 2.08. The standard InChI is InChI=1S/C12H16NO2/c1-10(11-6-4-3-5-7-11)13-12(14)8-9-15-2/h4-7,10H,8-9H2,1-2H3,(H,13,14). The minimum Gasteiger partial charge on any atom is -0.384 e. The number of benzene rings is 1. The molecule has 0 aromatic heterocycles. The van der Waals surface area contributed by atoms with Crippen molar-refractivity contribution in [3.63, 3.8) is 0 Å². The number of methoxy groups -OCH3 is 1. The van der Waals surface area contributed by atoms with Gasteiger partial charge in [0.15, 0.2) is 0 Å². The number of rotatable bonds is 5. The molecule has 3 nitrogen and oxygen atoms in total. The molecular weight excluding hydrogens is 190 g/mol. The zero-order valence-corrected chi connectivity index (χ0v) is 9.12. The van der Waals surface area contributed by atoms with Crippen molar-refractivity contribution in [2.75, 3.05) is 13.7 Å². The second-order valence-electron chi connectivity index (χ2n) is 3.37. The molecule has 0 aliphatic carbocycles. The van der Waals surface area contributed by atoms with Gasteiger partial charge in [0.2, 0.25) is 5.91 Å². The summed E-state index contributed by atoms with van der Waals surface area (Å²) < 4.78 is 4.83. The smallest absolute Gasteiger partial charge is 0.222 e. The molecule has 81 valence electrons.